The molecule has 0 aliphatic carbocycles. The number of nitrogens with one attached hydrogen (secondary N) is 2. The number of alkyl halides is 1. The fraction of sp³-hybridized carbons (Fsp3) is 0.188. The summed E-state index contributed by atoms with van der Waals surface area (Å²) in [4.78, 5) is 15.8. The first kappa shape index (κ1) is 14.2. The predicted molar refractivity (Wildman–Crippen MR) is 83.1 cm³/mol. The van der Waals surface area contributed by atoms with Gasteiger partial charge in [0.1, 0.15) is 5.82 Å². The number of aromatic nitrogens is 3. The van der Waals surface area contributed by atoms with Crippen LogP contribution in [0, 0.1) is 0 Å². The third-order valence-electron chi connectivity index (χ3n) is 3.33. The molecule has 0 fully saturated rings. The number of H-pyrrole nitrogens is 1. The highest BCUT2D eigenvalue weighted by Crippen LogP contribution is 2.25. The number of nitrogens with zero attached hydrogens (tertiary/aromatic N) is 2. The molecule has 2 heterocycles. The molecule has 5 nitrogen and oxygen atoms in total. The molecule has 0 bridgehead atoms. The predicted octanol–water partition coefficient (Wildman–Crippen LogP) is 3.31. The lowest BCUT2D eigenvalue weighted by atomic mass is 10.0. The molecule has 0 aliphatic heterocycles. The van der Waals surface area contributed by atoms with Gasteiger partial charge >= 0.3 is 0 Å². The van der Waals surface area contributed by atoms with E-state index in [-0.39, 0.29) is 0 Å². The number of halogens is 1. The SMILES string of the molecule is CC(C)(F)C(=O)Nc1cc2cc(-c3cn[nH]c3)ccc2cn1. The van der Waals surface area contributed by atoms with Crippen LogP contribution in [0.4, 0.5) is 10.2 Å². The first-order valence-corrected chi connectivity index (χ1v) is 6.83. The van der Waals surface area contributed by atoms with Crippen molar-refractivity contribution in [3.63, 3.8) is 0 Å². The van der Waals surface area contributed by atoms with Crippen LogP contribution in [0.1, 0.15) is 13.8 Å². The number of rotatable bonds is 3. The van der Waals surface area contributed by atoms with E-state index in [4.69, 9.17) is 0 Å². The third kappa shape index (κ3) is 2.81. The normalized spacial score (nSPS) is 11.6. The second-order valence-electron chi connectivity index (χ2n) is 5.55. The maximum absolute atomic E-state index is 13.6. The Balaban J connectivity index is 1.96. The van der Waals surface area contributed by atoms with E-state index < -0.39 is 11.6 Å². The van der Waals surface area contributed by atoms with Gasteiger partial charge in [-0.3, -0.25) is 9.89 Å². The van der Waals surface area contributed by atoms with Crippen molar-refractivity contribution < 1.29 is 9.18 Å². The van der Waals surface area contributed by atoms with E-state index >= 15 is 0 Å². The van der Waals surface area contributed by atoms with Gasteiger partial charge in [-0.2, -0.15) is 5.10 Å². The van der Waals surface area contributed by atoms with Crippen LogP contribution in [0.5, 0.6) is 0 Å². The van der Waals surface area contributed by atoms with Crippen molar-refractivity contribution in [1.82, 2.24) is 15.2 Å². The molecule has 1 aromatic carbocycles. The van der Waals surface area contributed by atoms with Crippen molar-refractivity contribution in [3.8, 4) is 11.1 Å². The van der Waals surface area contributed by atoms with Gasteiger partial charge in [-0.05, 0) is 36.9 Å². The van der Waals surface area contributed by atoms with Crippen molar-refractivity contribution >= 4 is 22.5 Å². The van der Waals surface area contributed by atoms with Crippen LogP contribution < -0.4 is 5.32 Å². The molecule has 2 N–H and O–H groups in total. The molecule has 6 heteroatoms. The third-order valence-corrected chi connectivity index (χ3v) is 3.33. The first-order valence-electron chi connectivity index (χ1n) is 6.83. The maximum atomic E-state index is 13.6. The Hall–Kier alpha value is -2.76. The molecule has 0 spiro atoms. The van der Waals surface area contributed by atoms with Gasteiger partial charge in [0.2, 0.25) is 0 Å². The van der Waals surface area contributed by atoms with Crippen molar-refractivity contribution in [2.75, 3.05) is 5.32 Å². The van der Waals surface area contributed by atoms with Crippen LogP contribution in [-0.4, -0.2) is 26.8 Å². The number of fused-ring (bicyclic) bond motifs is 1. The van der Waals surface area contributed by atoms with Gasteiger partial charge in [-0.15, -0.1) is 0 Å². The van der Waals surface area contributed by atoms with Gasteiger partial charge in [-0.25, -0.2) is 9.37 Å². The van der Waals surface area contributed by atoms with Crippen LogP contribution in [0.2, 0.25) is 0 Å². The summed E-state index contributed by atoms with van der Waals surface area (Å²) in [5.41, 5.74) is 0.0136. The molecule has 1 amide bonds. The minimum atomic E-state index is -1.95. The van der Waals surface area contributed by atoms with E-state index in [1.807, 2.05) is 18.2 Å². The number of carbonyl (C=O) groups excluding carboxylic acids is 1. The van der Waals surface area contributed by atoms with Crippen molar-refractivity contribution in [1.29, 1.82) is 0 Å². The standard InChI is InChI=1S/C16H15FN4O/c1-16(2,17)15(22)21-14-6-12-5-10(13-8-19-20-9-13)3-4-11(12)7-18-14/h3-9H,1-2H3,(H,19,20)(H,18,21,22). The van der Waals surface area contributed by atoms with Crippen molar-refractivity contribution in [2.45, 2.75) is 19.5 Å². The molecule has 0 aliphatic rings. The summed E-state index contributed by atoms with van der Waals surface area (Å²) in [6, 6.07) is 7.60. The number of aromatic amines is 1. The number of pyridine rings is 1. The van der Waals surface area contributed by atoms with Gasteiger partial charge in [0.05, 0.1) is 6.20 Å². The van der Waals surface area contributed by atoms with Crippen LogP contribution in [0.15, 0.2) is 42.9 Å². The minimum absolute atomic E-state index is 0.326. The highest BCUT2D eigenvalue weighted by atomic mass is 19.1. The average Bonchev–Trinajstić information content (AvgIpc) is 2.99. The molecular weight excluding hydrogens is 283 g/mol. The number of hydrogen-bond acceptors (Lipinski definition) is 3. The van der Waals surface area contributed by atoms with E-state index in [0.717, 1.165) is 21.9 Å². The van der Waals surface area contributed by atoms with Crippen LogP contribution >= 0.6 is 0 Å². The monoisotopic (exact) mass is 298 g/mol. The highest BCUT2D eigenvalue weighted by molar-refractivity contribution is 5.97. The lowest BCUT2D eigenvalue weighted by Gasteiger charge is -2.13. The van der Waals surface area contributed by atoms with Gasteiger partial charge < -0.3 is 5.32 Å². The fourth-order valence-electron chi connectivity index (χ4n) is 2.06. The number of hydrogen-bond donors (Lipinski definition) is 2. The number of amides is 1. The smallest absolute Gasteiger partial charge is 0.262 e. The topological polar surface area (TPSA) is 70.7 Å². The van der Waals surface area contributed by atoms with Crippen molar-refractivity contribution in [3.05, 3.63) is 42.9 Å². The molecule has 0 saturated heterocycles. The highest BCUT2D eigenvalue weighted by Gasteiger charge is 2.26. The summed E-state index contributed by atoms with van der Waals surface area (Å²) < 4.78 is 13.6. The van der Waals surface area contributed by atoms with Gasteiger partial charge in [0.15, 0.2) is 5.67 Å². The number of benzene rings is 1. The van der Waals surface area contributed by atoms with E-state index in [2.05, 4.69) is 20.5 Å². The summed E-state index contributed by atoms with van der Waals surface area (Å²) in [5.74, 6) is -0.391. The zero-order valence-electron chi connectivity index (χ0n) is 12.2. The molecule has 22 heavy (non-hydrogen) atoms. The Morgan fingerprint density at radius 3 is 2.68 bits per heavy atom. The Morgan fingerprint density at radius 2 is 2.00 bits per heavy atom. The Morgan fingerprint density at radius 1 is 1.18 bits per heavy atom. The number of carbonyl (C=O) groups is 1. The molecule has 3 aromatic rings. The Kier molecular flexibility index (Phi) is 3.36. The second kappa shape index (κ2) is 5.22. The molecule has 0 unspecified atom stereocenters. The van der Waals surface area contributed by atoms with E-state index in [1.165, 1.54) is 13.8 Å². The summed E-state index contributed by atoms with van der Waals surface area (Å²) in [5, 5.41) is 11.0. The summed E-state index contributed by atoms with van der Waals surface area (Å²) >= 11 is 0. The summed E-state index contributed by atoms with van der Waals surface area (Å²) in [7, 11) is 0. The number of anilines is 1. The molecule has 0 radical (unpaired) electrons. The quantitative estimate of drug-likeness (QED) is 0.779. The molecule has 3 rings (SSSR count). The van der Waals surface area contributed by atoms with E-state index in [1.54, 1.807) is 24.7 Å². The molecule has 112 valence electrons. The molecule has 0 atom stereocenters. The Bertz CT molecular complexity index is 822. The first-order chi connectivity index (χ1) is 10.4. The van der Waals surface area contributed by atoms with E-state index in [9.17, 15) is 9.18 Å². The molecular formula is C16H15FN4O. The largest absolute Gasteiger partial charge is 0.308 e. The zero-order valence-corrected chi connectivity index (χ0v) is 12.2. The van der Waals surface area contributed by atoms with Crippen LogP contribution in [0.25, 0.3) is 21.9 Å². The maximum Gasteiger partial charge on any atom is 0.262 e. The van der Waals surface area contributed by atoms with Gasteiger partial charge in [0.25, 0.3) is 5.91 Å². The average molecular weight is 298 g/mol. The van der Waals surface area contributed by atoms with Crippen LogP contribution in [0.3, 0.4) is 0 Å². The summed E-state index contributed by atoms with van der Waals surface area (Å²) in [6.07, 6.45) is 5.18. The molecule has 0 saturated carbocycles. The van der Waals surface area contributed by atoms with E-state index in [0.29, 0.717) is 5.82 Å². The fourth-order valence-corrected chi connectivity index (χ4v) is 2.06. The second-order valence-corrected chi connectivity index (χ2v) is 5.55. The van der Waals surface area contributed by atoms with Gasteiger partial charge in [-0.1, -0.05) is 12.1 Å². The summed E-state index contributed by atoms with van der Waals surface area (Å²) in [6.45, 7) is 2.42. The lowest BCUT2D eigenvalue weighted by Crippen LogP contribution is -2.32. The zero-order chi connectivity index (χ0) is 15.7. The Labute approximate surface area is 126 Å². The lowest BCUT2D eigenvalue weighted by molar-refractivity contribution is -0.125. The van der Waals surface area contributed by atoms with Crippen LogP contribution in [-0.2, 0) is 4.79 Å². The van der Waals surface area contributed by atoms with Crippen molar-refractivity contribution in [2.24, 2.45) is 0 Å². The van der Waals surface area contributed by atoms with Gasteiger partial charge in [0, 0.05) is 23.3 Å². The minimum Gasteiger partial charge on any atom is -0.308 e. The molecule has 2 aromatic heterocycles.